The molecule has 0 fully saturated rings. The summed E-state index contributed by atoms with van der Waals surface area (Å²) in [6, 6.07) is 77.5. The van der Waals surface area contributed by atoms with Gasteiger partial charge in [-0.25, -0.2) is 0 Å². The molecule has 2 aliphatic rings. The van der Waals surface area contributed by atoms with E-state index in [0.717, 1.165) is 19.3 Å². The molecular weight excluding hydrogens is 869 g/mol. The van der Waals surface area contributed by atoms with Crippen molar-refractivity contribution in [1.82, 2.24) is 0 Å². The second kappa shape index (κ2) is 17.5. The van der Waals surface area contributed by atoms with E-state index in [1.54, 1.807) is 0 Å². The lowest BCUT2D eigenvalue weighted by atomic mass is 9.79. The van der Waals surface area contributed by atoms with Crippen molar-refractivity contribution in [2.45, 2.75) is 26.2 Å². The molecule has 1 atom stereocenters. The van der Waals surface area contributed by atoms with Crippen LogP contribution in [0.3, 0.4) is 0 Å². The number of allylic oxidation sites excluding steroid dienone is 5. The Kier molecular flexibility index (Phi) is 10.5. The van der Waals surface area contributed by atoms with Crippen molar-refractivity contribution in [3.05, 3.63) is 252 Å². The molecule has 2 aliphatic carbocycles. The third-order valence-corrected chi connectivity index (χ3v) is 16.8. The Morgan fingerprint density at radius 3 is 1.62 bits per heavy atom. The summed E-state index contributed by atoms with van der Waals surface area (Å²) in [6.07, 6.45) is 12.7. The van der Waals surface area contributed by atoms with Crippen LogP contribution < -0.4 is 0 Å². The van der Waals surface area contributed by atoms with E-state index in [2.05, 4.69) is 237 Å². The molecule has 11 aromatic rings. The first-order valence-electron chi connectivity index (χ1n) is 24.3. The van der Waals surface area contributed by atoms with Crippen LogP contribution in [0.1, 0.15) is 41.3 Å². The van der Waals surface area contributed by atoms with Gasteiger partial charge in [0.2, 0.25) is 0 Å². The van der Waals surface area contributed by atoms with Gasteiger partial charge in [0.05, 0.1) is 0 Å². The quantitative estimate of drug-likeness (QED) is 0.133. The van der Waals surface area contributed by atoms with E-state index in [0.29, 0.717) is 5.92 Å². The molecule has 0 saturated carbocycles. The second-order valence-electron chi connectivity index (χ2n) is 18.7. The minimum Gasteiger partial charge on any atom is -0.135 e. The van der Waals surface area contributed by atoms with E-state index >= 15 is 0 Å². The highest BCUT2D eigenvalue weighted by Crippen LogP contribution is 2.48. The van der Waals surface area contributed by atoms with E-state index in [1.165, 1.54) is 130 Å². The SMILES string of the molecule is CC1C=CC(c2ccc(-c3ccc(-c4ccc5c(-c6cccc7ccccc67)c6cc(-c7ccc(-c8ccc(-c9ccccc9)s8)cc7)ccc6c(C6=CCCc7ccccc76)c5c4)cc3)s2)=CC1. The summed E-state index contributed by atoms with van der Waals surface area (Å²) < 4.78 is 0. The molecule has 0 nitrogen and oxygen atoms in total. The predicted octanol–water partition coefficient (Wildman–Crippen LogP) is 19.6. The first-order valence-corrected chi connectivity index (χ1v) is 25.9. The number of hydrogen-bond donors (Lipinski definition) is 0. The smallest absolute Gasteiger partial charge is 0.0349 e. The number of thiophene rings is 2. The molecule has 9 aromatic carbocycles. The Bertz CT molecular complexity index is 3850. The van der Waals surface area contributed by atoms with Crippen LogP contribution in [-0.4, -0.2) is 0 Å². The molecule has 0 aliphatic heterocycles. The van der Waals surface area contributed by atoms with Gasteiger partial charge >= 0.3 is 0 Å². The molecule has 0 amide bonds. The maximum absolute atomic E-state index is 2.51. The van der Waals surface area contributed by atoms with Gasteiger partial charge in [0.25, 0.3) is 0 Å². The van der Waals surface area contributed by atoms with E-state index in [4.69, 9.17) is 0 Å². The third-order valence-electron chi connectivity index (χ3n) is 14.4. The lowest BCUT2D eigenvalue weighted by Crippen LogP contribution is -2.03. The average Bonchev–Trinajstić information content (AvgIpc) is 4.13. The van der Waals surface area contributed by atoms with Crippen molar-refractivity contribution in [3.8, 4) is 64.7 Å². The molecule has 0 spiro atoms. The van der Waals surface area contributed by atoms with Crippen LogP contribution in [0.5, 0.6) is 0 Å². The zero-order valence-corrected chi connectivity index (χ0v) is 40.1. The normalized spacial score (nSPS) is 14.5. The minimum atomic E-state index is 0.611. The Balaban J connectivity index is 0.979. The number of fused-ring (bicyclic) bond motifs is 4. The maximum atomic E-state index is 2.51. The molecule has 0 N–H and O–H groups in total. The number of aryl methyl sites for hydroxylation is 1. The van der Waals surface area contributed by atoms with Crippen molar-refractivity contribution in [2.24, 2.45) is 5.92 Å². The molecule has 0 radical (unpaired) electrons. The second-order valence-corrected chi connectivity index (χ2v) is 20.9. The molecule has 328 valence electrons. The first kappa shape index (κ1) is 41.6. The van der Waals surface area contributed by atoms with Gasteiger partial charge in [-0.15, -0.1) is 22.7 Å². The van der Waals surface area contributed by atoms with Crippen molar-refractivity contribution < 1.29 is 0 Å². The van der Waals surface area contributed by atoms with Gasteiger partial charge in [0.15, 0.2) is 0 Å². The Morgan fingerprint density at radius 2 is 0.928 bits per heavy atom. The monoisotopic (exact) mass is 916 g/mol. The summed E-state index contributed by atoms with van der Waals surface area (Å²) in [7, 11) is 0. The van der Waals surface area contributed by atoms with E-state index in [9.17, 15) is 0 Å². The zero-order chi connectivity index (χ0) is 45.8. The standard InChI is InChI=1S/C67H48S2/c1-43-21-23-49(24-22-43)63-39-40-65(69-63)51-31-27-45(28-32-51)53-34-36-59-61(42-53)67(57-20-10-16-47-12-6-8-18-55(47)57)58-35-33-52(41-60(58)66(59)56-19-9-15-46-11-5-7-17-54(46)56)44-25-29-50(30-26-44)64-38-37-62(68-64)48-13-3-2-4-14-48/h2-9,11-15,17-21,23-43H,10,16,22H2,1H3. The molecule has 69 heavy (non-hydrogen) atoms. The van der Waals surface area contributed by atoms with Crippen LogP contribution in [-0.2, 0) is 6.42 Å². The van der Waals surface area contributed by atoms with Crippen molar-refractivity contribution in [2.75, 3.05) is 0 Å². The molecule has 2 heteroatoms. The molecule has 13 rings (SSSR count). The topological polar surface area (TPSA) is 0 Å². The summed E-state index contributed by atoms with van der Waals surface area (Å²) in [6.45, 7) is 2.28. The van der Waals surface area contributed by atoms with Gasteiger partial charge in [0.1, 0.15) is 0 Å². The minimum absolute atomic E-state index is 0.611. The molecule has 1 unspecified atom stereocenters. The summed E-state index contributed by atoms with van der Waals surface area (Å²) in [5.74, 6) is 0.611. The molecule has 0 saturated heterocycles. The van der Waals surface area contributed by atoms with Gasteiger partial charge in [-0.3, -0.25) is 0 Å². The van der Waals surface area contributed by atoms with Crippen LogP contribution in [0, 0.1) is 5.92 Å². The van der Waals surface area contributed by atoms with Crippen LogP contribution in [0.15, 0.2) is 231 Å². The fourth-order valence-electron chi connectivity index (χ4n) is 10.8. The Hall–Kier alpha value is -7.62. The van der Waals surface area contributed by atoms with E-state index < -0.39 is 0 Å². The largest absolute Gasteiger partial charge is 0.135 e. The van der Waals surface area contributed by atoms with Crippen LogP contribution >= 0.6 is 22.7 Å². The number of hydrogen-bond acceptors (Lipinski definition) is 2. The fourth-order valence-corrected chi connectivity index (χ4v) is 12.8. The van der Waals surface area contributed by atoms with Gasteiger partial charge < -0.3 is 0 Å². The molecular formula is C67H48S2. The summed E-state index contributed by atoms with van der Waals surface area (Å²) >= 11 is 3.73. The Labute approximate surface area is 412 Å². The van der Waals surface area contributed by atoms with Crippen LogP contribution in [0.2, 0.25) is 0 Å². The van der Waals surface area contributed by atoms with Gasteiger partial charge in [0, 0.05) is 19.5 Å². The fraction of sp³-hybridized carbons (Fsp3) is 0.0746. The highest BCUT2D eigenvalue weighted by atomic mass is 32.1. The number of benzene rings is 9. The molecule has 2 heterocycles. The molecule has 2 aromatic heterocycles. The molecule has 0 bridgehead atoms. The third kappa shape index (κ3) is 7.62. The van der Waals surface area contributed by atoms with Crippen molar-refractivity contribution >= 4 is 66.1 Å². The predicted molar refractivity (Wildman–Crippen MR) is 300 cm³/mol. The van der Waals surface area contributed by atoms with Crippen LogP contribution in [0.4, 0.5) is 0 Å². The highest BCUT2D eigenvalue weighted by molar-refractivity contribution is 7.18. The van der Waals surface area contributed by atoms with E-state index in [-0.39, 0.29) is 0 Å². The van der Waals surface area contributed by atoms with Crippen molar-refractivity contribution in [3.63, 3.8) is 0 Å². The van der Waals surface area contributed by atoms with E-state index in [1.807, 2.05) is 22.7 Å². The van der Waals surface area contributed by atoms with Gasteiger partial charge in [-0.1, -0.05) is 201 Å². The lowest BCUT2D eigenvalue weighted by molar-refractivity contribution is 0.739. The summed E-state index contributed by atoms with van der Waals surface area (Å²) in [5.41, 5.74) is 17.9. The lowest BCUT2D eigenvalue weighted by Gasteiger charge is -2.24. The zero-order valence-electron chi connectivity index (χ0n) is 38.5. The summed E-state index contributed by atoms with van der Waals surface area (Å²) in [5, 5.41) is 7.61. The van der Waals surface area contributed by atoms with Gasteiger partial charge in [-0.05, 0) is 172 Å². The van der Waals surface area contributed by atoms with Crippen molar-refractivity contribution in [1.29, 1.82) is 0 Å². The number of rotatable bonds is 8. The van der Waals surface area contributed by atoms with Gasteiger partial charge in [-0.2, -0.15) is 0 Å². The average molecular weight is 917 g/mol. The van der Waals surface area contributed by atoms with Crippen LogP contribution in [0.25, 0.3) is 108 Å². The highest BCUT2D eigenvalue weighted by Gasteiger charge is 2.24. The maximum Gasteiger partial charge on any atom is 0.0349 e. The Morgan fingerprint density at radius 1 is 0.391 bits per heavy atom. The first-order chi connectivity index (χ1) is 34.1. The summed E-state index contributed by atoms with van der Waals surface area (Å²) in [4.78, 5) is 5.21.